The number of ketones is 3. The fraction of sp³-hybridized carbons (Fsp3) is 0.658. The van der Waals surface area contributed by atoms with Gasteiger partial charge in [0, 0.05) is 5.56 Å². The van der Waals surface area contributed by atoms with Gasteiger partial charge in [-0.2, -0.15) is 4.89 Å². The number of hydrogen-bond donors (Lipinski definition) is 2. The van der Waals surface area contributed by atoms with Gasteiger partial charge in [-0.15, -0.1) is 0 Å². The molecule has 244 valence electrons. The molecule has 1 spiro atoms. The molecule has 7 nitrogen and oxygen atoms in total. The van der Waals surface area contributed by atoms with E-state index in [1.54, 1.807) is 44.2 Å². The van der Waals surface area contributed by atoms with Crippen molar-refractivity contribution in [2.24, 2.45) is 45.3 Å². The van der Waals surface area contributed by atoms with E-state index in [-0.39, 0.29) is 31.1 Å². The number of fused-ring (bicyclic) bond motifs is 1. The van der Waals surface area contributed by atoms with Gasteiger partial charge in [0.2, 0.25) is 5.79 Å². The summed E-state index contributed by atoms with van der Waals surface area (Å²) in [5.41, 5.74) is -6.00. The van der Waals surface area contributed by atoms with Crippen LogP contribution in [0.2, 0.25) is 0 Å². The van der Waals surface area contributed by atoms with Crippen LogP contribution in [-0.4, -0.2) is 44.6 Å². The second-order valence-corrected chi connectivity index (χ2v) is 16.7. The molecule has 8 atom stereocenters. The quantitative estimate of drug-likeness (QED) is 0.147. The zero-order valence-corrected chi connectivity index (χ0v) is 28.3. The Labute approximate surface area is 267 Å². The van der Waals surface area contributed by atoms with Crippen LogP contribution in [0.15, 0.2) is 53.6 Å². The predicted octanol–water partition coefficient (Wildman–Crippen LogP) is 6.58. The predicted molar refractivity (Wildman–Crippen MR) is 170 cm³/mol. The first kappa shape index (κ1) is 32.5. The number of benzene rings is 1. The molecule has 1 saturated heterocycles. The van der Waals surface area contributed by atoms with Gasteiger partial charge in [-0.05, 0) is 110 Å². The maximum absolute atomic E-state index is 15.6. The Morgan fingerprint density at radius 1 is 0.956 bits per heavy atom. The average Bonchev–Trinajstić information content (AvgIpc) is 3.31. The van der Waals surface area contributed by atoms with E-state index in [2.05, 4.69) is 19.9 Å². The number of rotatable bonds is 8. The summed E-state index contributed by atoms with van der Waals surface area (Å²) in [7, 11) is 0. The minimum Gasteiger partial charge on any atom is -0.390 e. The Morgan fingerprint density at radius 3 is 2.20 bits per heavy atom. The minimum atomic E-state index is -2.32. The van der Waals surface area contributed by atoms with Gasteiger partial charge in [-0.1, -0.05) is 67.5 Å². The number of Topliss-reactive ketones (excluding diaryl/α,β-unsaturated/α-hetero) is 3. The highest BCUT2D eigenvalue weighted by atomic mass is 17.2. The fourth-order valence-corrected chi connectivity index (χ4v) is 10.9. The van der Waals surface area contributed by atoms with Crippen LogP contribution < -0.4 is 0 Å². The lowest BCUT2D eigenvalue weighted by Gasteiger charge is -2.75. The Balaban J connectivity index is 1.64. The monoisotopic (exact) mass is 618 g/mol. The fourth-order valence-electron chi connectivity index (χ4n) is 10.9. The van der Waals surface area contributed by atoms with E-state index in [0.717, 1.165) is 18.4 Å². The van der Waals surface area contributed by atoms with Crippen LogP contribution in [0.4, 0.5) is 0 Å². The highest BCUT2D eigenvalue weighted by molar-refractivity contribution is 6.34. The Hall–Kier alpha value is -2.45. The molecule has 0 aromatic heterocycles. The second-order valence-electron chi connectivity index (χ2n) is 16.7. The minimum absolute atomic E-state index is 0.114. The number of carbonyl (C=O) groups excluding carboxylic acids is 3. The van der Waals surface area contributed by atoms with E-state index in [1.807, 2.05) is 40.7 Å². The van der Waals surface area contributed by atoms with Crippen molar-refractivity contribution in [3.8, 4) is 0 Å². The number of allylic oxidation sites excluding steroid dienone is 4. The third-order valence-electron chi connectivity index (χ3n) is 13.0. The van der Waals surface area contributed by atoms with E-state index in [0.29, 0.717) is 5.56 Å². The SMILES string of the molecule is CC(C)=CCC/C(C)=C/C[C@@]12C[C@@H]3[C@@H]4[C@@H](C(C)(C)O)[C@H]5CC4(C(=O)[C@](C(=O)c4ccccc4)(C1=O)C3(C)C)[C@@]2(O)OOC5(C)C. The Morgan fingerprint density at radius 2 is 1.60 bits per heavy atom. The van der Waals surface area contributed by atoms with Crippen LogP contribution in [0.1, 0.15) is 105 Å². The van der Waals surface area contributed by atoms with Crippen LogP contribution in [0.5, 0.6) is 0 Å². The molecule has 0 amide bonds. The van der Waals surface area contributed by atoms with Gasteiger partial charge in [0.1, 0.15) is 5.60 Å². The van der Waals surface area contributed by atoms with Gasteiger partial charge < -0.3 is 10.2 Å². The Kier molecular flexibility index (Phi) is 7.07. The molecule has 7 heteroatoms. The molecule has 1 aliphatic heterocycles. The molecular formula is C38H50O7. The van der Waals surface area contributed by atoms with Gasteiger partial charge in [-0.3, -0.25) is 14.4 Å². The van der Waals surface area contributed by atoms with Crippen molar-refractivity contribution in [2.45, 2.75) is 111 Å². The molecule has 45 heavy (non-hydrogen) atoms. The van der Waals surface area contributed by atoms with Gasteiger partial charge >= 0.3 is 0 Å². The zero-order valence-electron chi connectivity index (χ0n) is 28.3. The third-order valence-corrected chi connectivity index (χ3v) is 13.0. The summed E-state index contributed by atoms with van der Waals surface area (Å²) in [6, 6.07) is 8.61. The zero-order chi connectivity index (χ0) is 33.2. The molecule has 5 aliphatic carbocycles. The smallest absolute Gasteiger partial charge is 0.225 e. The van der Waals surface area contributed by atoms with Crippen molar-refractivity contribution in [3.05, 3.63) is 59.2 Å². The van der Waals surface area contributed by atoms with Crippen LogP contribution in [0.3, 0.4) is 0 Å². The summed E-state index contributed by atoms with van der Waals surface area (Å²) in [5.74, 6) is -5.67. The highest BCUT2D eigenvalue weighted by Crippen LogP contribution is 2.84. The topological polar surface area (TPSA) is 110 Å². The van der Waals surface area contributed by atoms with Crippen LogP contribution >= 0.6 is 0 Å². The Bertz CT molecular complexity index is 1510. The lowest BCUT2D eigenvalue weighted by Crippen LogP contribution is -2.88. The number of aliphatic hydroxyl groups is 2. The highest BCUT2D eigenvalue weighted by Gasteiger charge is 2.95. The standard InChI is InChI=1S/C38H50O7/c1-22(2)14-13-15-23(3)18-19-35-20-25-28-27(33(6,7)42)26-21-36(28,38(35,43)45-44-34(26,8)9)31(41)37(30(35)40,32(25,4)5)29(39)24-16-11-10-12-17-24/h10-12,14,16-18,25-28,42-43H,13,15,19-21H2,1-9H3/b23-18+/t25-,26-,27+,28-,35-,36?,37+,38+/m1/s1. The van der Waals surface area contributed by atoms with Gasteiger partial charge in [0.25, 0.3) is 0 Å². The van der Waals surface area contributed by atoms with E-state index < -0.39 is 67.8 Å². The van der Waals surface area contributed by atoms with Crippen molar-refractivity contribution in [1.82, 2.24) is 0 Å². The van der Waals surface area contributed by atoms with E-state index in [4.69, 9.17) is 9.78 Å². The summed E-state index contributed by atoms with van der Waals surface area (Å²) in [6.07, 6.45) is 6.27. The number of carbonyl (C=O) groups is 3. The summed E-state index contributed by atoms with van der Waals surface area (Å²) in [5, 5.41) is 25.0. The first-order valence-corrected chi connectivity index (χ1v) is 16.6. The molecule has 2 N–H and O–H groups in total. The normalized spacial score (nSPS) is 40.8. The van der Waals surface area contributed by atoms with Crippen molar-refractivity contribution in [3.63, 3.8) is 0 Å². The van der Waals surface area contributed by atoms with Crippen LogP contribution in [0, 0.1) is 45.3 Å². The second kappa shape index (κ2) is 9.79. The van der Waals surface area contributed by atoms with E-state index in [1.165, 1.54) is 5.57 Å². The molecule has 1 unspecified atom stereocenters. The first-order valence-electron chi connectivity index (χ1n) is 16.6. The lowest BCUT2D eigenvalue weighted by molar-refractivity contribution is -0.516. The first-order chi connectivity index (χ1) is 20.8. The molecule has 1 aromatic rings. The molecule has 0 radical (unpaired) electrons. The van der Waals surface area contributed by atoms with Gasteiger partial charge in [0.15, 0.2) is 22.8 Å². The largest absolute Gasteiger partial charge is 0.390 e. The van der Waals surface area contributed by atoms with Crippen LogP contribution in [0.25, 0.3) is 0 Å². The molecule has 5 saturated carbocycles. The maximum atomic E-state index is 15.6. The van der Waals surface area contributed by atoms with E-state index in [9.17, 15) is 15.0 Å². The van der Waals surface area contributed by atoms with E-state index >= 15 is 9.59 Å². The molecular weight excluding hydrogens is 568 g/mol. The van der Waals surface area contributed by atoms with Crippen molar-refractivity contribution >= 4 is 17.3 Å². The third kappa shape index (κ3) is 3.76. The van der Waals surface area contributed by atoms with Crippen molar-refractivity contribution in [1.29, 1.82) is 0 Å². The molecule has 7 rings (SSSR count). The lowest BCUT2D eigenvalue weighted by atomic mass is 9.26. The van der Waals surface area contributed by atoms with Crippen molar-refractivity contribution in [2.75, 3.05) is 0 Å². The van der Waals surface area contributed by atoms with Gasteiger partial charge in [0.05, 0.1) is 16.4 Å². The summed E-state index contributed by atoms with van der Waals surface area (Å²) in [6.45, 7) is 17.1. The van der Waals surface area contributed by atoms with Gasteiger partial charge in [-0.25, -0.2) is 4.89 Å². The molecule has 5 bridgehead atoms. The number of hydrogen-bond acceptors (Lipinski definition) is 7. The van der Waals surface area contributed by atoms with Crippen LogP contribution in [-0.2, 0) is 19.4 Å². The summed E-state index contributed by atoms with van der Waals surface area (Å²) < 4.78 is 0. The maximum Gasteiger partial charge on any atom is 0.225 e. The molecule has 1 aromatic carbocycles. The van der Waals surface area contributed by atoms with Crippen molar-refractivity contribution < 1.29 is 34.4 Å². The summed E-state index contributed by atoms with van der Waals surface area (Å²) >= 11 is 0. The molecule has 1 heterocycles. The molecule has 6 fully saturated rings. The summed E-state index contributed by atoms with van der Waals surface area (Å²) in [4.78, 5) is 58.3. The average molecular weight is 619 g/mol. The molecule has 6 aliphatic rings.